The van der Waals surface area contributed by atoms with Gasteiger partial charge in [-0.05, 0) is 31.2 Å². The first-order valence-electron chi connectivity index (χ1n) is 7.49. The van der Waals surface area contributed by atoms with Crippen molar-refractivity contribution < 1.29 is 14.3 Å². The largest absolute Gasteiger partial charge is 0.427 e. The second-order valence-electron chi connectivity index (χ2n) is 5.37. The zero-order valence-corrected chi connectivity index (χ0v) is 14.8. The monoisotopic (exact) mass is 356 g/mol. The Morgan fingerprint density at radius 2 is 1.96 bits per heavy atom. The number of benzene rings is 1. The number of ether oxygens (including phenoxy) is 1. The molecule has 0 atom stereocenters. The van der Waals surface area contributed by atoms with Gasteiger partial charge < -0.3 is 9.30 Å². The molecule has 0 saturated heterocycles. The molecule has 0 spiro atoms. The average molecular weight is 356 g/mol. The van der Waals surface area contributed by atoms with Crippen LogP contribution in [0.5, 0.6) is 5.75 Å². The summed E-state index contributed by atoms with van der Waals surface area (Å²) in [5, 5.41) is 3.29. The highest BCUT2D eigenvalue weighted by molar-refractivity contribution is 7.19. The number of esters is 1. The van der Waals surface area contributed by atoms with Gasteiger partial charge in [0.2, 0.25) is 0 Å². The fraction of sp³-hybridized carbons (Fsp3) is 0.176. The Hall–Kier alpha value is -3.00. The molecular formula is C17H16N4O3S. The molecule has 25 heavy (non-hydrogen) atoms. The summed E-state index contributed by atoms with van der Waals surface area (Å²) in [6.45, 7) is 3.20. The average Bonchev–Trinajstić information content (AvgIpc) is 3.12. The Morgan fingerprint density at radius 1 is 1.24 bits per heavy atom. The SMILES string of the molecule is CC(=O)Oc1ccc(C(=O)Nc2nc(C)c(-c3nccn3C)s2)cc1. The first kappa shape index (κ1) is 16.8. The van der Waals surface area contributed by atoms with Crippen LogP contribution in [0.3, 0.4) is 0 Å². The van der Waals surface area contributed by atoms with Crippen molar-refractivity contribution in [1.82, 2.24) is 14.5 Å². The first-order chi connectivity index (χ1) is 11.9. The van der Waals surface area contributed by atoms with Crippen molar-refractivity contribution in [3.8, 4) is 16.5 Å². The Kier molecular flexibility index (Phi) is 4.62. The maximum absolute atomic E-state index is 12.3. The normalized spacial score (nSPS) is 10.5. The highest BCUT2D eigenvalue weighted by Crippen LogP contribution is 2.31. The van der Waals surface area contributed by atoms with Crippen molar-refractivity contribution in [1.29, 1.82) is 0 Å². The molecule has 0 aliphatic carbocycles. The number of nitrogens with zero attached hydrogens (tertiary/aromatic N) is 3. The van der Waals surface area contributed by atoms with Crippen molar-refractivity contribution in [2.75, 3.05) is 5.32 Å². The van der Waals surface area contributed by atoms with Crippen molar-refractivity contribution in [3.05, 3.63) is 47.9 Å². The number of imidazole rings is 1. The van der Waals surface area contributed by atoms with Crippen LogP contribution in [0, 0.1) is 6.92 Å². The molecule has 0 aliphatic rings. The van der Waals surface area contributed by atoms with Crippen molar-refractivity contribution >= 4 is 28.3 Å². The topological polar surface area (TPSA) is 86.1 Å². The molecule has 128 valence electrons. The number of hydrogen-bond acceptors (Lipinski definition) is 6. The molecule has 7 nitrogen and oxygen atoms in total. The summed E-state index contributed by atoms with van der Waals surface area (Å²) in [5.74, 6) is 0.513. The smallest absolute Gasteiger partial charge is 0.308 e. The van der Waals surface area contributed by atoms with Crippen LogP contribution in [-0.2, 0) is 11.8 Å². The number of aryl methyl sites for hydroxylation is 2. The van der Waals surface area contributed by atoms with E-state index in [1.807, 2.05) is 24.7 Å². The standard InChI is InChI=1S/C17H16N4O3S/c1-10-14(15-18-8-9-21(15)3)25-17(19-10)20-16(23)12-4-6-13(7-5-12)24-11(2)22/h4-9H,1-3H3,(H,19,20,23). The Labute approximate surface area is 148 Å². The van der Waals surface area contributed by atoms with Gasteiger partial charge in [-0.2, -0.15) is 0 Å². The van der Waals surface area contributed by atoms with Crippen LogP contribution in [0.4, 0.5) is 5.13 Å². The van der Waals surface area contributed by atoms with Gasteiger partial charge in [0.1, 0.15) is 5.75 Å². The van der Waals surface area contributed by atoms with Gasteiger partial charge in [-0.15, -0.1) is 0 Å². The van der Waals surface area contributed by atoms with Gasteiger partial charge in [-0.1, -0.05) is 11.3 Å². The molecule has 0 fully saturated rings. The number of carbonyl (C=O) groups is 2. The quantitative estimate of drug-likeness (QED) is 0.574. The van der Waals surface area contributed by atoms with Gasteiger partial charge in [-0.3, -0.25) is 14.9 Å². The zero-order chi connectivity index (χ0) is 18.0. The third kappa shape index (κ3) is 3.74. The van der Waals surface area contributed by atoms with Gasteiger partial charge in [-0.25, -0.2) is 9.97 Å². The maximum Gasteiger partial charge on any atom is 0.308 e. The molecule has 2 aromatic heterocycles. The summed E-state index contributed by atoms with van der Waals surface area (Å²) in [6, 6.07) is 6.33. The van der Waals surface area contributed by atoms with Crippen LogP contribution in [0.1, 0.15) is 23.0 Å². The summed E-state index contributed by atoms with van der Waals surface area (Å²) < 4.78 is 6.85. The molecule has 0 bridgehead atoms. The number of anilines is 1. The fourth-order valence-electron chi connectivity index (χ4n) is 2.25. The summed E-state index contributed by atoms with van der Waals surface area (Å²) in [5.41, 5.74) is 1.25. The van der Waals surface area contributed by atoms with Gasteiger partial charge in [0.05, 0.1) is 10.6 Å². The third-order valence-electron chi connectivity index (χ3n) is 3.42. The van der Waals surface area contributed by atoms with Gasteiger partial charge in [0, 0.05) is 31.9 Å². The van der Waals surface area contributed by atoms with Gasteiger partial charge in [0.15, 0.2) is 11.0 Å². The molecule has 1 aromatic carbocycles. The van der Waals surface area contributed by atoms with Crippen molar-refractivity contribution in [3.63, 3.8) is 0 Å². The maximum atomic E-state index is 12.3. The molecule has 0 unspecified atom stereocenters. The number of amides is 1. The minimum Gasteiger partial charge on any atom is -0.427 e. The van der Waals surface area contributed by atoms with E-state index in [0.717, 1.165) is 16.4 Å². The molecule has 0 radical (unpaired) electrons. The Bertz CT molecular complexity index is 928. The summed E-state index contributed by atoms with van der Waals surface area (Å²) >= 11 is 1.37. The number of hydrogen-bond donors (Lipinski definition) is 1. The summed E-state index contributed by atoms with van der Waals surface area (Å²) in [6.07, 6.45) is 3.58. The molecule has 2 heterocycles. The molecule has 0 saturated carbocycles. The molecular weight excluding hydrogens is 340 g/mol. The van der Waals surface area contributed by atoms with E-state index in [-0.39, 0.29) is 5.91 Å². The summed E-state index contributed by atoms with van der Waals surface area (Å²) in [4.78, 5) is 32.9. The Morgan fingerprint density at radius 3 is 2.56 bits per heavy atom. The number of thiazole rings is 1. The second kappa shape index (κ2) is 6.86. The van der Waals surface area contributed by atoms with Crippen molar-refractivity contribution in [2.24, 2.45) is 7.05 Å². The second-order valence-corrected chi connectivity index (χ2v) is 6.37. The minimum absolute atomic E-state index is 0.283. The number of nitrogens with one attached hydrogen (secondary N) is 1. The van der Waals surface area contributed by atoms with Crippen LogP contribution in [0.2, 0.25) is 0 Å². The van der Waals surface area contributed by atoms with Crippen LogP contribution in [0.15, 0.2) is 36.7 Å². The van der Waals surface area contributed by atoms with Crippen LogP contribution < -0.4 is 10.1 Å². The Balaban J connectivity index is 1.75. The van der Waals surface area contributed by atoms with E-state index in [2.05, 4.69) is 15.3 Å². The third-order valence-corrected chi connectivity index (χ3v) is 4.49. The van der Waals surface area contributed by atoms with Crippen molar-refractivity contribution in [2.45, 2.75) is 13.8 Å². The molecule has 3 aromatic rings. The van der Waals surface area contributed by atoms with Crippen LogP contribution in [-0.4, -0.2) is 26.4 Å². The molecule has 3 rings (SSSR count). The zero-order valence-electron chi connectivity index (χ0n) is 13.9. The van der Waals surface area contributed by atoms with Crippen LogP contribution >= 0.6 is 11.3 Å². The van der Waals surface area contributed by atoms with E-state index < -0.39 is 5.97 Å². The minimum atomic E-state index is -0.405. The lowest BCUT2D eigenvalue weighted by molar-refractivity contribution is -0.131. The van der Waals surface area contributed by atoms with E-state index >= 15 is 0 Å². The van der Waals surface area contributed by atoms with E-state index in [4.69, 9.17) is 4.74 Å². The predicted octanol–water partition coefficient (Wildman–Crippen LogP) is 3.03. The van der Waals surface area contributed by atoms with E-state index in [1.54, 1.807) is 30.5 Å². The first-order valence-corrected chi connectivity index (χ1v) is 8.30. The van der Waals surface area contributed by atoms with E-state index in [1.165, 1.54) is 18.3 Å². The number of carbonyl (C=O) groups excluding carboxylic acids is 2. The van der Waals surface area contributed by atoms with E-state index in [9.17, 15) is 9.59 Å². The highest BCUT2D eigenvalue weighted by atomic mass is 32.1. The number of rotatable bonds is 4. The number of aromatic nitrogens is 3. The highest BCUT2D eigenvalue weighted by Gasteiger charge is 2.15. The van der Waals surface area contributed by atoms with Gasteiger partial charge >= 0.3 is 5.97 Å². The lowest BCUT2D eigenvalue weighted by Crippen LogP contribution is -2.11. The lowest BCUT2D eigenvalue weighted by atomic mass is 10.2. The molecule has 1 N–H and O–H groups in total. The predicted molar refractivity (Wildman–Crippen MR) is 94.8 cm³/mol. The van der Waals surface area contributed by atoms with Crippen LogP contribution in [0.25, 0.3) is 10.7 Å². The molecule has 8 heteroatoms. The fourth-order valence-corrected chi connectivity index (χ4v) is 3.25. The summed E-state index contributed by atoms with van der Waals surface area (Å²) in [7, 11) is 1.91. The van der Waals surface area contributed by atoms with Gasteiger partial charge in [0.25, 0.3) is 5.91 Å². The molecule has 0 aliphatic heterocycles. The lowest BCUT2D eigenvalue weighted by Gasteiger charge is -2.04. The molecule has 1 amide bonds. The van der Waals surface area contributed by atoms with E-state index in [0.29, 0.717) is 16.4 Å².